The number of nitrogens with zero attached hydrogens (tertiary/aromatic N) is 4. The summed E-state index contributed by atoms with van der Waals surface area (Å²) in [7, 11) is 1.85. The summed E-state index contributed by atoms with van der Waals surface area (Å²) in [4.78, 5) is 4.12. The zero-order valence-corrected chi connectivity index (χ0v) is 10.2. The first kappa shape index (κ1) is 11.4. The average Bonchev–Trinajstić information content (AvgIpc) is 2.78. The minimum Gasteiger partial charge on any atom is -0.394 e. The normalized spacial score (nSPS) is 10.8. The molecule has 3 N–H and O–H groups in total. The van der Waals surface area contributed by atoms with Gasteiger partial charge in [0.2, 0.25) is 5.89 Å². The number of rotatable bonds is 4. The molecule has 0 spiro atoms. The molecule has 0 aromatic carbocycles. The maximum absolute atomic E-state index is 5.89. The van der Waals surface area contributed by atoms with Gasteiger partial charge in [-0.3, -0.25) is 4.68 Å². The van der Waals surface area contributed by atoms with Gasteiger partial charge in [-0.1, -0.05) is 5.16 Å². The van der Waals surface area contributed by atoms with E-state index in [1.54, 1.807) is 11.6 Å². The van der Waals surface area contributed by atoms with E-state index in [-0.39, 0.29) is 0 Å². The Morgan fingerprint density at radius 2 is 2.18 bits per heavy atom. The molecule has 2 aromatic rings. The number of anilines is 2. The van der Waals surface area contributed by atoms with Crippen LogP contribution in [0.5, 0.6) is 0 Å². The zero-order valence-electron chi connectivity index (χ0n) is 10.2. The van der Waals surface area contributed by atoms with Gasteiger partial charge in [0.1, 0.15) is 5.82 Å². The summed E-state index contributed by atoms with van der Waals surface area (Å²) in [5.74, 6) is 2.09. The molecule has 0 saturated carbocycles. The van der Waals surface area contributed by atoms with Crippen LogP contribution in [0.15, 0.2) is 4.52 Å². The van der Waals surface area contributed by atoms with Crippen LogP contribution in [-0.2, 0) is 13.5 Å². The van der Waals surface area contributed by atoms with Crippen LogP contribution < -0.4 is 11.1 Å². The van der Waals surface area contributed by atoms with Gasteiger partial charge in [0.15, 0.2) is 5.82 Å². The van der Waals surface area contributed by atoms with Gasteiger partial charge in [-0.2, -0.15) is 10.1 Å². The number of hydrogen-bond donors (Lipinski definition) is 2. The highest BCUT2D eigenvalue weighted by atomic mass is 16.5. The monoisotopic (exact) mass is 236 g/mol. The van der Waals surface area contributed by atoms with Gasteiger partial charge in [-0.25, -0.2) is 0 Å². The van der Waals surface area contributed by atoms with E-state index in [1.807, 2.05) is 14.0 Å². The second-order valence-electron chi connectivity index (χ2n) is 3.88. The van der Waals surface area contributed by atoms with Gasteiger partial charge in [-0.05, 0) is 6.92 Å². The molecular weight excluding hydrogens is 220 g/mol. The van der Waals surface area contributed by atoms with Crippen LogP contribution >= 0.6 is 0 Å². The van der Waals surface area contributed by atoms with Crippen molar-refractivity contribution in [3.05, 3.63) is 17.4 Å². The molecule has 0 fully saturated rings. The second-order valence-corrected chi connectivity index (χ2v) is 3.88. The zero-order chi connectivity index (χ0) is 12.4. The van der Waals surface area contributed by atoms with E-state index in [1.165, 1.54) is 0 Å². The molecule has 2 aromatic heterocycles. The lowest BCUT2D eigenvalue weighted by Gasteiger charge is -2.05. The van der Waals surface area contributed by atoms with Crippen molar-refractivity contribution < 1.29 is 4.52 Å². The lowest BCUT2D eigenvalue weighted by molar-refractivity contribution is 0.387. The number of aromatic nitrogens is 4. The largest absolute Gasteiger partial charge is 0.394 e. The van der Waals surface area contributed by atoms with Crippen LogP contribution in [0, 0.1) is 13.8 Å². The molecule has 0 bridgehead atoms. The van der Waals surface area contributed by atoms with Crippen LogP contribution in [0.3, 0.4) is 0 Å². The van der Waals surface area contributed by atoms with E-state index in [2.05, 4.69) is 20.6 Å². The highest BCUT2D eigenvalue weighted by Crippen LogP contribution is 2.20. The van der Waals surface area contributed by atoms with Crippen LogP contribution in [-0.4, -0.2) is 26.5 Å². The highest BCUT2D eigenvalue weighted by Gasteiger charge is 2.09. The molecule has 0 amide bonds. The van der Waals surface area contributed by atoms with Crippen molar-refractivity contribution in [1.82, 2.24) is 19.9 Å². The van der Waals surface area contributed by atoms with Gasteiger partial charge in [0, 0.05) is 26.9 Å². The molecule has 2 heterocycles. The van der Waals surface area contributed by atoms with Gasteiger partial charge in [-0.15, -0.1) is 0 Å². The number of nitrogens with two attached hydrogens (primary N) is 1. The molecular formula is C10H16N6O. The van der Waals surface area contributed by atoms with E-state index in [0.717, 1.165) is 11.5 Å². The van der Waals surface area contributed by atoms with E-state index >= 15 is 0 Å². The molecule has 0 aliphatic rings. The van der Waals surface area contributed by atoms with Gasteiger partial charge < -0.3 is 15.6 Å². The smallest absolute Gasteiger partial charge is 0.223 e. The standard InChI is InChI=1S/C10H16N6O/c1-6-9(11)10(16(3)14-6)12-5-4-8-13-7(2)17-15-8/h12H,4-5,11H2,1-3H3. The molecule has 7 nitrogen and oxygen atoms in total. The number of nitrogens with one attached hydrogen (secondary N) is 1. The van der Waals surface area contributed by atoms with E-state index in [4.69, 9.17) is 10.3 Å². The van der Waals surface area contributed by atoms with Crippen molar-refractivity contribution in [2.45, 2.75) is 20.3 Å². The van der Waals surface area contributed by atoms with Crippen molar-refractivity contribution in [2.75, 3.05) is 17.6 Å². The molecule has 92 valence electrons. The Labute approximate surface area is 99.0 Å². The summed E-state index contributed by atoms with van der Waals surface area (Å²) in [6.45, 7) is 4.33. The van der Waals surface area contributed by atoms with Crippen LogP contribution in [0.2, 0.25) is 0 Å². The fraction of sp³-hybridized carbons (Fsp3) is 0.500. The molecule has 0 aliphatic heterocycles. The predicted molar refractivity (Wildman–Crippen MR) is 63.6 cm³/mol. The van der Waals surface area contributed by atoms with Crippen molar-refractivity contribution in [1.29, 1.82) is 0 Å². The third-order valence-electron chi connectivity index (χ3n) is 2.48. The lowest BCUT2D eigenvalue weighted by Crippen LogP contribution is -2.10. The lowest BCUT2D eigenvalue weighted by atomic mass is 10.3. The van der Waals surface area contributed by atoms with Crippen molar-refractivity contribution in [2.24, 2.45) is 7.05 Å². The molecule has 0 unspecified atom stereocenters. The maximum atomic E-state index is 5.89. The Kier molecular flexibility index (Phi) is 2.99. The first-order valence-electron chi connectivity index (χ1n) is 5.40. The van der Waals surface area contributed by atoms with Crippen LogP contribution in [0.4, 0.5) is 11.5 Å². The number of aryl methyl sites for hydroxylation is 3. The van der Waals surface area contributed by atoms with Crippen LogP contribution in [0.25, 0.3) is 0 Å². The Morgan fingerprint density at radius 1 is 1.41 bits per heavy atom. The Bertz CT molecular complexity index is 515. The fourth-order valence-corrected chi connectivity index (χ4v) is 1.62. The SMILES string of the molecule is Cc1nc(CCNc2c(N)c(C)nn2C)no1. The van der Waals surface area contributed by atoms with E-state index < -0.39 is 0 Å². The Hall–Kier alpha value is -2.05. The Balaban J connectivity index is 1.94. The summed E-state index contributed by atoms with van der Waals surface area (Å²) < 4.78 is 6.62. The summed E-state index contributed by atoms with van der Waals surface area (Å²) in [5, 5.41) is 11.3. The quantitative estimate of drug-likeness (QED) is 0.809. The molecule has 0 saturated heterocycles. The second kappa shape index (κ2) is 4.44. The number of hydrogen-bond acceptors (Lipinski definition) is 6. The predicted octanol–water partition coefficient (Wildman–Crippen LogP) is 0.657. The molecule has 0 aliphatic carbocycles. The summed E-state index contributed by atoms with van der Waals surface area (Å²) in [6, 6.07) is 0. The first-order chi connectivity index (χ1) is 8.08. The van der Waals surface area contributed by atoms with E-state index in [9.17, 15) is 0 Å². The fourth-order valence-electron chi connectivity index (χ4n) is 1.62. The molecule has 0 atom stereocenters. The van der Waals surface area contributed by atoms with Crippen molar-refractivity contribution in [3.63, 3.8) is 0 Å². The highest BCUT2D eigenvalue weighted by molar-refractivity contribution is 5.64. The average molecular weight is 236 g/mol. The van der Waals surface area contributed by atoms with Gasteiger partial charge in [0.05, 0.1) is 11.4 Å². The topological polar surface area (TPSA) is 94.8 Å². The molecule has 2 rings (SSSR count). The molecule has 0 radical (unpaired) electrons. The molecule has 17 heavy (non-hydrogen) atoms. The summed E-state index contributed by atoms with van der Waals surface area (Å²) in [5.41, 5.74) is 7.39. The van der Waals surface area contributed by atoms with Crippen molar-refractivity contribution in [3.8, 4) is 0 Å². The van der Waals surface area contributed by atoms with Gasteiger partial charge >= 0.3 is 0 Å². The third kappa shape index (κ3) is 2.38. The Morgan fingerprint density at radius 3 is 2.71 bits per heavy atom. The number of nitrogen functional groups attached to an aromatic ring is 1. The first-order valence-corrected chi connectivity index (χ1v) is 5.40. The van der Waals surface area contributed by atoms with E-state index in [0.29, 0.717) is 30.4 Å². The maximum Gasteiger partial charge on any atom is 0.223 e. The molecule has 7 heteroatoms. The minimum absolute atomic E-state index is 0.580. The summed E-state index contributed by atoms with van der Waals surface area (Å²) in [6.07, 6.45) is 0.682. The third-order valence-corrected chi connectivity index (χ3v) is 2.48. The van der Waals surface area contributed by atoms with Crippen LogP contribution in [0.1, 0.15) is 17.4 Å². The summed E-state index contributed by atoms with van der Waals surface area (Å²) >= 11 is 0. The van der Waals surface area contributed by atoms with Gasteiger partial charge in [0.25, 0.3) is 0 Å². The minimum atomic E-state index is 0.580. The van der Waals surface area contributed by atoms with Crippen molar-refractivity contribution >= 4 is 11.5 Å².